The highest BCUT2D eigenvalue weighted by Gasteiger charge is 2.03. The fraction of sp³-hybridized carbons (Fsp3) is 0. The van der Waals surface area contributed by atoms with E-state index in [0.29, 0.717) is 5.56 Å². The first-order chi connectivity index (χ1) is 7.77. The lowest BCUT2D eigenvalue weighted by atomic mass is 10.1. The molecule has 80 valence electrons. The summed E-state index contributed by atoms with van der Waals surface area (Å²) in [7, 11) is 0. The number of phenolic OH excluding ortho intramolecular Hbond substituents is 1. The van der Waals surface area contributed by atoms with E-state index in [-0.39, 0.29) is 11.5 Å². The molecule has 0 aliphatic heterocycles. The van der Waals surface area contributed by atoms with Crippen LogP contribution in [0, 0.1) is 0 Å². The molecule has 0 amide bonds. The first-order valence-electron chi connectivity index (χ1n) is 5.01. The molecular weight excluding hydrogens is 200 g/mol. The van der Waals surface area contributed by atoms with Gasteiger partial charge in [-0.1, -0.05) is 42.5 Å². The van der Waals surface area contributed by atoms with Crippen molar-refractivity contribution in [3.63, 3.8) is 0 Å². The Labute approximate surface area is 94.1 Å². The Hall–Kier alpha value is -2.22. The van der Waals surface area contributed by atoms with Crippen molar-refractivity contribution in [1.29, 1.82) is 0 Å². The molecule has 0 saturated carbocycles. The van der Waals surface area contributed by atoms with Gasteiger partial charge >= 0.3 is 0 Å². The van der Waals surface area contributed by atoms with E-state index in [1.54, 1.807) is 30.3 Å². The maximum Gasteiger partial charge on any atom is 0.127 e. The van der Waals surface area contributed by atoms with Gasteiger partial charge in [-0.15, -0.1) is 0 Å². The molecule has 2 aromatic carbocycles. The number of hydrogen-bond acceptors (Lipinski definition) is 2. The lowest BCUT2D eigenvalue weighted by molar-refractivity contribution is 0.461. The summed E-state index contributed by atoms with van der Waals surface area (Å²) in [6, 6.07) is 16.2. The largest absolute Gasteiger partial charge is 0.507 e. The SMILES string of the molecule is OC(=Cc1ccccc1)c1ccccc1O. The zero-order valence-corrected chi connectivity index (χ0v) is 8.67. The van der Waals surface area contributed by atoms with E-state index in [1.165, 1.54) is 0 Å². The van der Waals surface area contributed by atoms with Gasteiger partial charge in [0.2, 0.25) is 0 Å². The van der Waals surface area contributed by atoms with Gasteiger partial charge in [-0.3, -0.25) is 0 Å². The Morgan fingerprint density at radius 1 is 0.875 bits per heavy atom. The average molecular weight is 212 g/mol. The summed E-state index contributed by atoms with van der Waals surface area (Å²) in [6.07, 6.45) is 1.62. The molecule has 0 radical (unpaired) electrons. The molecule has 2 nitrogen and oxygen atoms in total. The maximum atomic E-state index is 9.86. The molecule has 0 unspecified atom stereocenters. The second-order valence-corrected chi connectivity index (χ2v) is 3.46. The number of aliphatic hydroxyl groups is 1. The smallest absolute Gasteiger partial charge is 0.127 e. The van der Waals surface area contributed by atoms with Crippen molar-refractivity contribution in [2.45, 2.75) is 0 Å². The van der Waals surface area contributed by atoms with Crippen molar-refractivity contribution in [2.75, 3.05) is 0 Å². The van der Waals surface area contributed by atoms with Crippen LogP contribution in [0.25, 0.3) is 11.8 Å². The van der Waals surface area contributed by atoms with Gasteiger partial charge in [0.05, 0.1) is 5.56 Å². The van der Waals surface area contributed by atoms with Gasteiger partial charge in [0.25, 0.3) is 0 Å². The molecule has 2 N–H and O–H groups in total. The third-order valence-electron chi connectivity index (χ3n) is 2.28. The monoisotopic (exact) mass is 212 g/mol. The van der Waals surface area contributed by atoms with Crippen LogP contribution >= 0.6 is 0 Å². The van der Waals surface area contributed by atoms with Gasteiger partial charge in [-0.25, -0.2) is 0 Å². The summed E-state index contributed by atoms with van der Waals surface area (Å²) < 4.78 is 0. The summed E-state index contributed by atoms with van der Waals surface area (Å²) in [5.74, 6) is 0.136. The molecule has 0 saturated heterocycles. The number of para-hydroxylation sites is 1. The Balaban J connectivity index is 2.36. The van der Waals surface area contributed by atoms with Crippen LogP contribution in [0.15, 0.2) is 54.6 Å². The van der Waals surface area contributed by atoms with Gasteiger partial charge in [0.1, 0.15) is 11.5 Å². The molecular formula is C14H12O2. The quantitative estimate of drug-likeness (QED) is 0.591. The van der Waals surface area contributed by atoms with Crippen LogP contribution in [0.5, 0.6) is 5.75 Å². The van der Waals surface area contributed by atoms with E-state index in [4.69, 9.17) is 0 Å². The minimum absolute atomic E-state index is 0.0595. The number of hydrogen-bond donors (Lipinski definition) is 2. The van der Waals surface area contributed by atoms with Crippen molar-refractivity contribution in [2.24, 2.45) is 0 Å². The molecule has 16 heavy (non-hydrogen) atoms. The van der Waals surface area contributed by atoms with E-state index in [2.05, 4.69) is 0 Å². The second kappa shape index (κ2) is 4.53. The zero-order valence-electron chi connectivity index (χ0n) is 8.67. The van der Waals surface area contributed by atoms with Crippen LogP contribution in [-0.2, 0) is 0 Å². The van der Waals surface area contributed by atoms with E-state index < -0.39 is 0 Å². The molecule has 2 heteroatoms. The molecule has 0 aliphatic rings. The second-order valence-electron chi connectivity index (χ2n) is 3.46. The van der Waals surface area contributed by atoms with Crippen molar-refractivity contribution < 1.29 is 10.2 Å². The van der Waals surface area contributed by atoms with Gasteiger partial charge in [-0.05, 0) is 23.8 Å². The third-order valence-corrected chi connectivity index (χ3v) is 2.28. The van der Waals surface area contributed by atoms with E-state index in [1.807, 2.05) is 30.3 Å². The van der Waals surface area contributed by atoms with Gasteiger partial charge < -0.3 is 10.2 Å². The molecule has 0 atom stereocenters. The van der Waals surface area contributed by atoms with Gasteiger partial charge in [0, 0.05) is 0 Å². The van der Waals surface area contributed by atoms with Crippen LogP contribution in [0.3, 0.4) is 0 Å². The van der Waals surface area contributed by atoms with Gasteiger partial charge in [-0.2, -0.15) is 0 Å². The molecule has 0 bridgehead atoms. The number of phenols is 1. The lowest BCUT2D eigenvalue weighted by Gasteiger charge is -2.03. The Morgan fingerprint density at radius 3 is 2.19 bits per heavy atom. The van der Waals surface area contributed by atoms with Crippen molar-refractivity contribution in [3.05, 3.63) is 65.7 Å². The molecule has 2 rings (SSSR count). The highest BCUT2D eigenvalue weighted by atomic mass is 16.3. The average Bonchev–Trinajstić information content (AvgIpc) is 2.31. The Bertz CT molecular complexity index is 501. The number of rotatable bonds is 2. The standard InChI is InChI=1S/C14H12O2/c15-13-9-5-4-8-12(13)14(16)10-11-6-2-1-3-7-11/h1-10,15-16H. The Morgan fingerprint density at radius 2 is 1.50 bits per heavy atom. The Kier molecular flexibility index (Phi) is 2.92. The van der Waals surface area contributed by atoms with Crippen LogP contribution in [-0.4, -0.2) is 10.2 Å². The summed E-state index contributed by atoms with van der Waals surface area (Å²) in [5.41, 5.74) is 1.33. The summed E-state index contributed by atoms with van der Waals surface area (Å²) in [5, 5.41) is 19.4. The van der Waals surface area contributed by atoms with E-state index in [9.17, 15) is 10.2 Å². The highest BCUT2D eigenvalue weighted by Crippen LogP contribution is 2.24. The van der Waals surface area contributed by atoms with Crippen LogP contribution in [0.2, 0.25) is 0 Å². The van der Waals surface area contributed by atoms with Crippen molar-refractivity contribution in [3.8, 4) is 5.75 Å². The number of aliphatic hydroxyl groups excluding tert-OH is 1. The minimum atomic E-state index is 0.0595. The van der Waals surface area contributed by atoms with Gasteiger partial charge in [0.15, 0.2) is 0 Å². The predicted octanol–water partition coefficient (Wildman–Crippen LogP) is 3.45. The number of benzene rings is 2. The normalized spacial score (nSPS) is 11.4. The van der Waals surface area contributed by atoms with Crippen LogP contribution in [0.4, 0.5) is 0 Å². The lowest BCUT2D eigenvalue weighted by Crippen LogP contribution is -1.83. The van der Waals surface area contributed by atoms with Crippen LogP contribution in [0.1, 0.15) is 11.1 Å². The molecule has 0 fully saturated rings. The highest BCUT2D eigenvalue weighted by molar-refractivity contribution is 5.78. The fourth-order valence-corrected chi connectivity index (χ4v) is 1.48. The molecule has 2 aromatic rings. The molecule has 0 aromatic heterocycles. The molecule has 0 heterocycles. The first-order valence-corrected chi connectivity index (χ1v) is 5.01. The zero-order chi connectivity index (χ0) is 11.4. The van der Waals surface area contributed by atoms with Crippen molar-refractivity contribution >= 4 is 11.8 Å². The maximum absolute atomic E-state index is 9.86. The fourth-order valence-electron chi connectivity index (χ4n) is 1.48. The topological polar surface area (TPSA) is 40.5 Å². The number of aromatic hydroxyl groups is 1. The minimum Gasteiger partial charge on any atom is -0.507 e. The first kappa shape index (κ1) is 10.3. The van der Waals surface area contributed by atoms with Crippen molar-refractivity contribution in [1.82, 2.24) is 0 Å². The predicted molar refractivity (Wildman–Crippen MR) is 65.0 cm³/mol. The third kappa shape index (κ3) is 2.23. The molecule has 0 aliphatic carbocycles. The van der Waals surface area contributed by atoms with E-state index >= 15 is 0 Å². The molecule has 0 spiro atoms. The van der Waals surface area contributed by atoms with Crippen LogP contribution < -0.4 is 0 Å². The summed E-state index contributed by atoms with van der Waals surface area (Å²) in [4.78, 5) is 0. The summed E-state index contributed by atoms with van der Waals surface area (Å²) in [6.45, 7) is 0. The van der Waals surface area contributed by atoms with E-state index in [0.717, 1.165) is 5.56 Å². The summed E-state index contributed by atoms with van der Waals surface area (Å²) >= 11 is 0.